The van der Waals surface area contributed by atoms with E-state index in [-0.39, 0.29) is 6.04 Å². The first-order chi connectivity index (χ1) is 13.1. The summed E-state index contributed by atoms with van der Waals surface area (Å²) in [6.45, 7) is 10.6. The molecule has 3 rings (SSSR count). The van der Waals surface area contributed by atoms with Crippen molar-refractivity contribution in [3.8, 4) is 5.75 Å². The summed E-state index contributed by atoms with van der Waals surface area (Å²) >= 11 is 0. The molecule has 0 bridgehead atoms. The maximum atomic E-state index is 5.27. The monoisotopic (exact) mass is 372 g/mol. The van der Waals surface area contributed by atoms with Crippen molar-refractivity contribution in [3.05, 3.63) is 30.1 Å². The van der Waals surface area contributed by atoms with Gasteiger partial charge in [-0.05, 0) is 55.0 Å². The van der Waals surface area contributed by atoms with E-state index in [0.29, 0.717) is 6.04 Å². The summed E-state index contributed by atoms with van der Waals surface area (Å²) in [5, 5.41) is 12.6. The van der Waals surface area contributed by atoms with Crippen LogP contribution in [0.4, 0.5) is 5.69 Å². The Kier molecular flexibility index (Phi) is 6.66. The number of piperazine rings is 1. The maximum absolute atomic E-state index is 5.27. The molecule has 1 aromatic heterocycles. The minimum Gasteiger partial charge on any atom is -0.497 e. The molecule has 1 aromatic carbocycles. The number of hydrogen-bond acceptors (Lipinski definition) is 6. The van der Waals surface area contributed by atoms with Gasteiger partial charge in [-0.2, -0.15) is 0 Å². The van der Waals surface area contributed by atoms with E-state index >= 15 is 0 Å². The molecule has 0 amide bonds. The number of nitrogens with zero attached hydrogens (tertiary/aromatic N) is 6. The van der Waals surface area contributed by atoms with Crippen LogP contribution in [-0.4, -0.2) is 58.4 Å². The van der Waals surface area contributed by atoms with Gasteiger partial charge in [-0.25, -0.2) is 4.68 Å². The van der Waals surface area contributed by atoms with E-state index in [0.717, 1.165) is 44.2 Å². The van der Waals surface area contributed by atoms with Gasteiger partial charge in [0.15, 0.2) is 5.82 Å². The first-order valence-electron chi connectivity index (χ1n) is 10.0. The number of benzene rings is 1. The van der Waals surface area contributed by atoms with Crippen LogP contribution in [0.25, 0.3) is 0 Å². The van der Waals surface area contributed by atoms with Crippen molar-refractivity contribution >= 4 is 5.69 Å². The molecule has 0 unspecified atom stereocenters. The summed E-state index contributed by atoms with van der Waals surface area (Å²) < 4.78 is 7.25. The van der Waals surface area contributed by atoms with E-state index in [9.17, 15) is 0 Å². The first-order valence-corrected chi connectivity index (χ1v) is 10.0. The molecule has 148 valence electrons. The number of anilines is 1. The Morgan fingerprint density at radius 3 is 2.37 bits per heavy atom. The lowest BCUT2D eigenvalue weighted by molar-refractivity contribution is 0.161. The van der Waals surface area contributed by atoms with Crippen molar-refractivity contribution in [1.82, 2.24) is 25.1 Å². The molecule has 2 heterocycles. The zero-order chi connectivity index (χ0) is 19.2. The van der Waals surface area contributed by atoms with Gasteiger partial charge in [-0.3, -0.25) is 4.90 Å². The SMILES string of the molecule is CCCC[C@@H](c1nnnn1C(C)C)N1CCN(c2ccc(OC)cc2)CC1. The topological polar surface area (TPSA) is 59.3 Å². The predicted octanol–water partition coefficient (Wildman–Crippen LogP) is 3.32. The van der Waals surface area contributed by atoms with Gasteiger partial charge in [0, 0.05) is 31.9 Å². The predicted molar refractivity (Wildman–Crippen MR) is 107 cm³/mol. The van der Waals surface area contributed by atoms with Crippen LogP contribution in [0.15, 0.2) is 24.3 Å². The van der Waals surface area contributed by atoms with Crippen LogP contribution < -0.4 is 9.64 Å². The second kappa shape index (κ2) is 9.17. The first kappa shape index (κ1) is 19.6. The highest BCUT2D eigenvalue weighted by Gasteiger charge is 2.29. The molecule has 0 spiro atoms. The summed E-state index contributed by atoms with van der Waals surface area (Å²) in [4.78, 5) is 5.00. The molecule has 27 heavy (non-hydrogen) atoms. The molecular weight excluding hydrogens is 340 g/mol. The highest BCUT2D eigenvalue weighted by atomic mass is 16.5. The Morgan fingerprint density at radius 1 is 1.07 bits per heavy atom. The normalized spacial score (nSPS) is 16.7. The Hall–Kier alpha value is -2.15. The number of rotatable bonds is 8. The Bertz CT molecular complexity index is 691. The summed E-state index contributed by atoms with van der Waals surface area (Å²) in [6.07, 6.45) is 3.48. The molecular formula is C20H32N6O. The standard InChI is InChI=1S/C20H32N6O/c1-5-6-7-19(20-21-22-23-26(20)16(2)3)25-14-12-24(13-15-25)17-8-10-18(27-4)11-9-17/h8-11,16,19H,5-7,12-15H2,1-4H3/t19-/m0/s1. The number of hydrogen-bond donors (Lipinski definition) is 0. The van der Waals surface area contributed by atoms with Crippen LogP contribution >= 0.6 is 0 Å². The molecule has 1 aliphatic heterocycles. The van der Waals surface area contributed by atoms with E-state index in [1.165, 1.54) is 18.5 Å². The average Bonchev–Trinajstić information content (AvgIpc) is 3.19. The Labute approximate surface area is 162 Å². The van der Waals surface area contributed by atoms with Crippen LogP contribution in [0.3, 0.4) is 0 Å². The molecule has 0 N–H and O–H groups in total. The lowest BCUT2D eigenvalue weighted by atomic mass is 10.1. The third-order valence-corrected chi connectivity index (χ3v) is 5.33. The molecule has 7 heteroatoms. The van der Waals surface area contributed by atoms with Crippen molar-refractivity contribution in [2.24, 2.45) is 0 Å². The van der Waals surface area contributed by atoms with Gasteiger partial charge in [0.25, 0.3) is 0 Å². The quantitative estimate of drug-likeness (QED) is 0.708. The largest absolute Gasteiger partial charge is 0.497 e. The summed E-state index contributed by atoms with van der Waals surface area (Å²) in [5.74, 6) is 1.91. The number of unbranched alkanes of at least 4 members (excludes halogenated alkanes) is 1. The zero-order valence-corrected chi connectivity index (χ0v) is 17.0. The van der Waals surface area contributed by atoms with Crippen LogP contribution in [0.5, 0.6) is 5.75 Å². The number of ether oxygens (including phenoxy) is 1. The van der Waals surface area contributed by atoms with E-state index < -0.39 is 0 Å². The van der Waals surface area contributed by atoms with Crippen LogP contribution in [-0.2, 0) is 0 Å². The van der Waals surface area contributed by atoms with Crippen LogP contribution in [0.1, 0.15) is 57.9 Å². The second-order valence-electron chi connectivity index (χ2n) is 7.45. The van der Waals surface area contributed by atoms with Crippen molar-refractivity contribution in [2.75, 3.05) is 38.2 Å². The van der Waals surface area contributed by atoms with Gasteiger partial charge >= 0.3 is 0 Å². The van der Waals surface area contributed by atoms with Gasteiger partial charge in [0.2, 0.25) is 0 Å². The minimum absolute atomic E-state index is 0.278. The smallest absolute Gasteiger partial charge is 0.168 e. The fraction of sp³-hybridized carbons (Fsp3) is 0.650. The summed E-state index contributed by atoms with van der Waals surface area (Å²) in [5.41, 5.74) is 1.26. The van der Waals surface area contributed by atoms with E-state index in [1.54, 1.807) is 7.11 Å². The van der Waals surface area contributed by atoms with Gasteiger partial charge in [0.1, 0.15) is 5.75 Å². The lowest BCUT2D eigenvalue weighted by Gasteiger charge is -2.40. The van der Waals surface area contributed by atoms with Gasteiger partial charge < -0.3 is 9.64 Å². The van der Waals surface area contributed by atoms with Crippen molar-refractivity contribution in [1.29, 1.82) is 0 Å². The Morgan fingerprint density at radius 2 is 1.78 bits per heavy atom. The van der Waals surface area contributed by atoms with Gasteiger partial charge in [-0.15, -0.1) is 5.10 Å². The summed E-state index contributed by atoms with van der Waals surface area (Å²) in [6, 6.07) is 8.91. The molecule has 0 saturated carbocycles. The lowest BCUT2D eigenvalue weighted by Crippen LogP contribution is -2.48. The minimum atomic E-state index is 0.278. The second-order valence-corrected chi connectivity index (χ2v) is 7.45. The molecule has 1 aliphatic rings. The summed E-state index contributed by atoms with van der Waals surface area (Å²) in [7, 11) is 1.70. The van der Waals surface area contributed by atoms with E-state index in [2.05, 4.69) is 58.2 Å². The molecule has 7 nitrogen and oxygen atoms in total. The fourth-order valence-electron chi connectivity index (χ4n) is 3.74. The van der Waals surface area contributed by atoms with Gasteiger partial charge in [0.05, 0.1) is 19.2 Å². The van der Waals surface area contributed by atoms with E-state index in [4.69, 9.17) is 4.74 Å². The highest BCUT2D eigenvalue weighted by molar-refractivity contribution is 5.49. The number of methoxy groups -OCH3 is 1. The molecule has 1 atom stereocenters. The average molecular weight is 373 g/mol. The zero-order valence-electron chi connectivity index (χ0n) is 17.0. The molecule has 0 radical (unpaired) electrons. The maximum Gasteiger partial charge on any atom is 0.168 e. The van der Waals surface area contributed by atoms with Crippen LogP contribution in [0.2, 0.25) is 0 Å². The molecule has 1 fully saturated rings. The van der Waals surface area contributed by atoms with Crippen molar-refractivity contribution < 1.29 is 4.74 Å². The van der Waals surface area contributed by atoms with Crippen molar-refractivity contribution in [3.63, 3.8) is 0 Å². The fourth-order valence-corrected chi connectivity index (χ4v) is 3.74. The molecule has 1 saturated heterocycles. The third kappa shape index (κ3) is 4.58. The van der Waals surface area contributed by atoms with E-state index in [1.807, 2.05) is 16.8 Å². The number of aromatic nitrogens is 4. The third-order valence-electron chi connectivity index (χ3n) is 5.33. The van der Waals surface area contributed by atoms with Crippen LogP contribution in [0, 0.1) is 0 Å². The van der Waals surface area contributed by atoms with Gasteiger partial charge in [-0.1, -0.05) is 19.8 Å². The number of tetrazole rings is 1. The molecule has 0 aliphatic carbocycles. The highest BCUT2D eigenvalue weighted by Crippen LogP contribution is 2.28. The molecule has 2 aromatic rings. The van der Waals surface area contributed by atoms with Crippen molar-refractivity contribution in [2.45, 2.75) is 52.1 Å². The Balaban J connectivity index is 1.69.